The molecule has 0 aliphatic carbocycles. The van der Waals surface area contributed by atoms with Gasteiger partial charge in [-0.1, -0.05) is 0 Å². The number of nitrogen functional groups attached to an aromatic ring is 2. The summed E-state index contributed by atoms with van der Waals surface area (Å²) in [5.74, 6) is -0.00374. The highest BCUT2D eigenvalue weighted by atomic mass is 16.6. The summed E-state index contributed by atoms with van der Waals surface area (Å²) in [6.45, 7) is 0. The summed E-state index contributed by atoms with van der Waals surface area (Å²) in [5, 5.41) is 11.4. The van der Waals surface area contributed by atoms with E-state index < -0.39 is 6.41 Å². The third kappa shape index (κ3) is 2.69. The quantitative estimate of drug-likeness (QED) is 0.413. The third-order valence-electron chi connectivity index (χ3n) is 1.15. The van der Waals surface area contributed by atoms with E-state index in [1.807, 2.05) is 0 Å². The average Bonchev–Trinajstić information content (AvgIpc) is 2.02. The van der Waals surface area contributed by atoms with Gasteiger partial charge in [-0.25, -0.2) is 0 Å². The van der Waals surface area contributed by atoms with Gasteiger partial charge in [0.1, 0.15) is 0 Å². The molecule has 0 bridgehead atoms. The molecule has 0 spiro atoms. The van der Waals surface area contributed by atoms with E-state index >= 15 is 0 Å². The average molecular weight is 186 g/mol. The second-order valence-corrected chi connectivity index (χ2v) is 2.11. The zero-order valence-electron chi connectivity index (χ0n) is 6.93. The standard InChI is InChI=1S/C5H10N6O2/c1-13-5(12)11-4-9-2(6)8-3(7)10-4/h5,12H,1H3,(H5,6,7,8,9,10,11). The van der Waals surface area contributed by atoms with E-state index in [4.69, 9.17) is 16.6 Å². The molecule has 0 saturated carbocycles. The van der Waals surface area contributed by atoms with E-state index in [1.165, 1.54) is 7.11 Å². The third-order valence-corrected chi connectivity index (χ3v) is 1.15. The van der Waals surface area contributed by atoms with E-state index in [0.717, 1.165) is 0 Å². The largest absolute Gasteiger partial charge is 0.368 e. The molecule has 0 saturated heterocycles. The Hall–Kier alpha value is -1.67. The maximum absolute atomic E-state index is 8.98. The number of nitrogens with two attached hydrogens (primary N) is 2. The Morgan fingerprint density at radius 3 is 2.31 bits per heavy atom. The van der Waals surface area contributed by atoms with Crippen LogP contribution in [0.5, 0.6) is 0 Å². The molecule has 0 radical (unpaired) electrons. The normalized spacial score (nSPS) is 12.5. The second-order valence-electron chi connectivity index (χ2n) is 2.11. The van der Waals surface area contributed by atoms with Gasteiger partial charge in [-0.2, -0.15) is 15.0 Å². The lowest BCUT2D eigenvalue weighted by Gasteiger charge is -2.09. The number of aliphatic hydroxyl groups is 1. The van der Waals surface area contributed by atoms with E-state index in [2.05, 4.69) is 25.0 Å². The highest BCUT2D eigenvalue weighted by molar-refractivity contribution is 5.36. The molecule has 1 aromatic rings. The van der Waals surface area contributed by atoms with Crippen molar-refractivity contribution in [3.63, 3.8) is 0 Å². The molecular weight excluding hydrogens is 176 g/mol. The van der Waals surface area contributed by atoms with Crippen molar-refractivity contribution in [2.75, 3.05) is 23.9 Å². The predicted molar refractivity (Wildman–Crippen MR) is 45.3 cm³/mol. The minimum Gasteiger partial charge on any atom is -0.368 e. The van der Waals surface area contributed by atoms with Gasteiger partial charge in [0.05, 0.1) is 0 Å². The molecule has 0 amide bonds. The number of rotatable bonds is 3. The number of ether oxygens (including phenoxy) is 1. The van der Waals surface area contributed by atoms with Crippen molar-refractivity contribution in [2.45, 2.75) is 6.41 Å². The van der Waals surface area contributed by atoms with Crippen LogP contribution in [0.15, 0.2) is 0 Å². The molecule has 72 valence electrons. The summed E-state index contributed by atoms with van der Waals surface area (Å²) in [7, 11) is 1.31. The number of nitrogens with zero attached hydrogens (tertiary/aromatic N) is 3. The highest BCUT2D eigenvalue weighted by Crippen LogP contribution is 2.04. The molecule has 0 aliphatic rings. The van der Waals surface area contributed by atoms with E-state index in [1.54, 1.807) is 0 Å². The Kier molecular flexibility index (Phi) is 2.77. The van der Waals surface area contributed by atoms with E-state index in [9.17, 15) is 0 Å². The fourth-order valence-corrected chi connectivity index (χ4v) is 0.643. The summed E-state index contributed by atoms with van der Waals surface area (Å²) in [6.07, 6.45) is -1.21. The zero-order valence-corrected chi connectivity index (χ0v) is 6.93. The van der Waals surface area contributed by atoms with Crippen molar-refractivity contribution in [3.05, 3.63) is 0 Å². The maximum atomic E-state index is 8.98. The molecule has 1 aromatic heterocycles. The van der Waals surface area contributed by atoms with Crippen molar-refractivity contribution in [1.82, 2.24) is 15.0 Å². The first kappa shape index (κ1) is 9.42. The minimum atomic E-state index is -1.21. The Labute approximate surface area is 74.0 Å². The number of hydrogen-bond acceptors (Lipinski definition) is 8. The van der Waals surface area contributed by atoms with Crippen LogP contribution in [0.1, 0.15) is 0 Å². The van der Waals surface area contributed by atoms with Crippen LogP contribution in [0, 0.1) is 0 Å². The van der Waals surface area contributed by atoms with Crippen molar-refractivity contribution in [3.8, 4) is 0 Å². The smallest absolute Gasteiger partial charge is 0.237 e. The maximum Gasteiger partial charge on any atom is 0.237 e. The Bertz CT molecular complexity index is 272. The Balaban J connectivity index is 2.77. The molecular formula is C5H10N6O2. The van der Waals surface area contributed by atoms with Gasteiger partial charge in [0, 0.05) is 7.11 Å². The molecule has 1 heterocycles. The number of aromatic nitrogens is 3. The SMILES string of the molecule is COC(O)Nc1nc(N)nc(N)n1. The summed E-state index contributed by atoms with van der Waals surface area (Å²) < 4.78 is 4.50. The predicted octanol–water partition coefficient (Wildman–Crippen LogP) is -1.63. The molecule has 0 aromatic carbocycles. The fourth-order valence-electron chi connectivity index (χ4n) is 0.643. The molecule has 8 nitrogen and oxygen atoms in total. The molecule has 0 aliphatic heterocycles. The van der Waals surface area contributed by atoms with Gasteiger partial charge < -0.3 is 26.6 Å². The molecule has 8 heteroatoms. The number of anilines is 3. The van der Waals surface area contributed by atoms with Gasteiger partial charge in [-0.3, -0.25) is 0 Å². The molecule has 13 heavy (non-hydrogen) atoms. The second kappa shape index (κ2) is 3.83. The summed E-state index contributed by atoms with van der Waals surface area (Å²) in [5.41, 5.74) is 10.5. The lowest BCUT2D eigenvalue weighted by atomic mass is 10.8. The molecule has 1 atom stereocenters. The van der Waals surface area contributed by atoms with Crippen molar-refractivity contribution < 1.29 is 9.84 Å². The Morgan fingerprint density at radius 2 is 1.85 bits per heavy atom. The zero-order chi connectivity index (χ0) is 9.84. The van der Waals surface area contributed by atoms with Crippen LogP contribution >= 0.6 is 0 Å². The highest BCUT2D eigenvalue weighted by Gasteiger charge is 2.05. The molecule has 0 fully saturated rings. The molecule has 1 rings (SSSR count). The summed E-state index contributed by atoms with van der Waals surface area (Å²) in [6, 6.07) is 0. The van der Waals surface area contributed by atoms with Crippen LogP contribution in [0.4, 0.5) is 17.8 Å². The van der Waals surface area contributed by atoms with Gasteiger partial charge in [-0.05, 0) is 0 Å². The number of methoxy groups -OCH3 is 1. The van der Waals surface area contributed by atoms with Crippen molar-refractivity contribution in [1.29, 1.82) is 0 Å². The number of nitrogens with one attached hydrogen (secondary N) is 1. The van der Waals surface area contributed by atoms with Crippen LogP contribution < -0.4 is 16.8 Å². The molecule has 1 unspecified atom stereocenters. The van der Waals surface area contributed by atoms with Crippen molar-refractivity contribution in [2.24, 2.45) is 0 Å². The van der Waals surface area contributed by atoms with E-state index in [-0.39, 0.29) is 17.8 Å². The van der Waals surface area contributed by atoms with Gasteiger partial charge in [0.25, 0.3) is 0 Å². The Morgan fingerprint density at radius 1 is 1.31 bits per heavy atom. The van der Waals surface area contributed by atoms with Crippen LogP contribution in [-0.4, -0.2) is 33.6 Å². The van der Waals surface area contributed by atoms with Crippen molar-refractivity contribution >= 4 is 17.8 Å². The first-order valence-corrected chi connectivity index (χ1v) is 3.36. The number of hydrogen-bond donors (Lipinski definition) is 4. The van der Waals surface area contributed by atoms with Crippen LogP contribution in [0.2, 0.25) is 0 Å². The topological polar surface area (TPSA) is 132 Å². The first-order chi connectivity index (χ1) is 6.11. The monoisotopic (exact) mass is 186 g/mol. The molecule has 6 N–H and O–H groups in total. The van der Waals surface area contributed by atoms with Gasteiger partial charge in [-0.15, -0.1) is 0 Å². The van der Waals surface area contributed by atoms with Gasteiger partial charge in [0.15, 0.2) is 0 Å². The fraction of sp³-hybridized carbons (Fsp3) is 0.400. The lowest BCUT2D eigenvalue weighted by Crippen LogP contribution is -2.22. The number of aliphatic hydroxyl groups excluding tert-OH is 1. The van der Waals surface area contributed by atoms with Gasteiger partial charge >= 0.3 is 0 Å². The minimum absolute atomic E-state index is 0.0293. The first-order valence-electron chi connectivity index (χ1n) is 3.36. The van der Waals surface area contributed by atoms with Crippen LogP contribution in [-0.2, 0) is 4.74 Å². The van der Waals surface area contributed by atoms with Gasteiger partial charge in [0.2, 0.25) is 24.3 Å². The summed E-state index contributed by atoms with van der Waals surface area (Å²) in [4.78, 5) is 10.8. The lowest BCUT2D eigenvalue weighted by molar-refractivity contribution is -0.0515. The van der Waals surface area contributed by atoms with E-state index in [0.29, 0.717) is 0 Å². The summed E-state index contributed by atoms with van der Waals surface area (Å²) >= 11 is 0. The van der Waals surface area contributed by atoms with Crippen LogP contribution in [0.25, 0.3) is 0 Å². The van der Waals surface area contributed by atoms with Crippen LogP contribution in [0.3, 0.4) is 0 Å².